The first kappa shape index (κ1) is 16.6. The fraction of sp³-hybridized carbons (Fsp3) is 0.0588. The van der Waals surface area contributed by atoms with Gasteiger partial charge in [-0.15, -0.1) is 11.3 Å². The van der Waals surface area contributed by atoms with Gasteiger partial charge in [-0.2, -0.15) is 0 Å². The summed E-state index contributed by atoms with van der Waals surface area (Å²) in [6, 6.07) is 11.2. The number of carbonyl (C=O) groups is 1. The average Bonchev–Trinajstić information content (AvgIpc) is 3.12. The number of carbonyl (C=O) groups excluding carboxylic acids is 1. The monoisotopic (exact) mass is 406 g/mol. The molecular weight excluding hydrogens is 395 g/mol. The van der Waals surface area contributed by atoms with Gasteiger partial charge in [0.05, 0.1) is 0 Å². The molecule has 1 amide bonds. The van der Waals surface area contributed by atoms with Crippen LogP contribution in [0.4, 0.5) is 9.52 Å². The molecule has 1 heterocycles. The fourth-order valence-electron chi connectivity index (χ4n) is 2.01. The molecule has 0 aliphatic carbocycles. The zero-order valence-electron chi connectivity index (χ0n) is 12.6. The summed E-state index contributed by atoms with van der Waals surface area (Å²) in [5.41, 5.74) is 0.230. The Kier molecular flexibility index (Phi) is 4.92. The molecular formula is C17H12BrFN2O2S. The highest BCUT2D eigenvalue weighted by atomic mass is 79.9. The quantitative estimate of drug-likeness (QED) is 0.604. The SMILES string of the molecule is CN(C(=O)c1ccc(Oc2ccc(Br)cc2)c(F)c1)c1nccs1. The average molecular weight is 407 g/mol. The van der Waals surface area contributed by atoms with Crippen molar-refractivity contribution in [2.24, 2.45) is 0 Å². The number of nitrogens with zero attached hydrogens (tertiary/aromatic N) is 2. The standard InChI is InChI=1S/C17H12BrFN2O2S/c1-21(17-20-8-9-24-17)16(22)11-2-7-15(14(19)10-11)23-13-5-3-12(18)4-6-13/h2-10H,1H3. The van der Waals surface area contributed by atoms with Crippen LogP contribution in [-0.4, -0.2) is 17.9 Å². The minimum absolute atomic E-state index is 0.0609. The predicted molar refractivity (Wildman–Crippen MR) is 95.5 cm³/mol. The van der Waals surface area contributed by atoms with Crippen LogP contribution in [0.1, 0.15) is 10.4 Å². The summed E-state index contributed by atoms with van der Waals surface area (Å²) in [5, 5.41) is 2.32. The summed E-state index contributed by atoms with van der Waals surface area (Å²) in [7, 11) is 1.60. The molecule has 3 aromatic rings. The van der Waals surface area contributed by atoms with Gasteiger partial charge in [0.1, 0.15) is 5.75 Å². The van der Waals surface area contributed by atoms with E-state index >= 15 is 0 Å². The third-order valence-corrected chi connectivity index (χ3v) is 4.61. The minimum atomic E-state index is -0.601. The Balaban J connectivity index is 1.79. The molecule has 4 nitrogen and oxygen atoms in total. The van der Waals surface area contributed by atoms with Crippen molar-refractivity contribution in [2.75, 3.05) is 11.9 Å². The maximum Gasteiger partial charge on any atom is 0.259 e. The van der Waals surface area contributed by atoms with E-state index in [1.165, 1.54) is 34.4 Å². The molecule has 0 unspecified atom stereocenters. The van der Waals surface area contributed by atoms with Crippen LogP contribution in [0.15, 0.2) is 58.5 Å². The van der Waals surface area contributed by atoms with Crippen molar-refractivity contribution in [3.8, 4) is 11.5 Å². The van der Waals surface area contributed by atoms with Gasteiger partial charge in [0, 0.05) is 28.7 Å². The Labute approximate surface area is 150 Å². The number of hydrogen-bond donors (Lipinski definition) is 0. The van der Waals surface area contributed by atoms with E-state index in [1.807, 2.05) is 0 Å². The molecule has 0 radical (unpaired) electrons. The van der Waals surface area contributed by atoms with Gasteiger partial charge in [-0.05, 0) is 42.5 Å². The van der Waals surface area contributed by atoms with Crippen molar-refractivity contribution in [1.29, 1.82) is 0 Å². The van der Waals surface area contributed by atoms with E-state index in [2.05, 4.69) is 20.9 Å². The van der Waals surface area contributed by atoms with E-state index in [-0.39, 0.29) is 17.2 Å². The first-order valence-corrected chi connectivity index (χ1v) is 8.62. The van der Waals surface area contributed by atoms with Crippen molar-refractivity contribution in [2.45, 2.75) is 0 Å². The lowest BCUT2D eigenvalue weighted by Gasteiger charge is -2.14. The Hall–Kier alpha value is -2.25. The maximum absolute atomic E-state index is 14.3. The van der Waals surface area contributed by atoms with Gasteiger partial charge >= 0.3 is 0 Å². The number of benzene rings is 2. The second-order valence-corrected chi connectivity index (χ2v) is 6.67. The van der Waals surface area contributed by atoms with E-state index in [0.29, 0.717) is 10.9 Å². The number of thiazole rings is 1. The number of hydrogen-bond acceptors (Lipinski definition) is 4. The number of aromatic nitrogens is 1. The summed E-state index contributed by atoms with van der Waals surface area (Å²) in [6.07, 6.45) is 1.61. The molecule has 3 rings (SSSR count). The summed E-state index contributed by atoms with van der Waals surface area (Å²) in [6.45, 7) is 0. The van der Waals surface area contributed by atoms with Gasteiger partial charge in [0.2, 0.25) is 0 Å². The molecule has 0 atom stereocenters. The van der Waals surface area contributed by atoms with Crippen LogP contribution in [0.2, 0.25) is 0 Å². The third-order valence-electron chi connectivity index (χ3n) is 3.23. The van der Waals surface area contributed by atoms with Crippen molar-refractivity contribution < 1.29 is 13.9 Å². The van der Waals surface area contributed by atoms with Gasteiger partial charge in [-0.1, -0.05) is 15.9 Å². The second kappa shape index (κ2) is 7.11. The Morgan fingerprint density at radius 1 is 1.25 bits per heavy atom. The van der Waals surface area contributed by atoms with Crippen LogP contribution < -0.4 is 9.64 Å². The lowest BCUT2D eigenvalue weighted by molar-refractivity contribution is 0.0992. The maximum atomic E-state index is 14.3. The molecule has 0 spiro atoms. The highest BCUT2D eigenvalue weighted by Gasteiger charge is 2.17. The van der Waals surface area contributed by atoms with E-state index in [0.717, 1.165) is 4.47 Å². The molecule has 0 fully saturated rings. The number of ether oxygens (including phenoxy) is 1. The van der Waals surface area contributed by atoms with Crippen molar-refractivity contribution in [3.63, 3.8) is 0 Å². The zero-order valence-corrected chi connectivity index (χ0v) is 15.0. The third kappa shape index (κ3) is 3.63. The molecule has 0 aliphatic rings. The van der Waals surface area contributed by atoms with Crippen LogP contribution >= 0.6 is 27.3 Å². The largest absolute Gasteiger partial charge is 0.454 e. The zero-order chi connectivity index (χ0) is 17.1. The van der Waals surface area contributed by atoms with Gasteiger partial charge < -0.3 is 4.74 Å². The molecule has 0 N–H and O–H groups in total. The fourth-order valence-corrected chi connectivity index (χ4v) is 2.88. The lowest BCUT2D eigenvalue weighted by Crippen LogP contribution is -2.26. The minimum Gasteiger partial charge on any atom is -0.454 e. The molecule has 0 aliphatic heterocycles. The predicted octanol–water partition coefficient (Wildman–Crippen LogP) is 5.11. The van der Waals surface area contributed by atoms with Crippen LogP contribution in [0.5, 0.6) is 11.5 Å². The highest BCUT2D eigenvalue weighted by Crippen LogP contribution is 2.27. The first-order valence-electron chi connectivity index (χ1n) is 6.95. The first-order chi connectivity index (χ1) is 11.5. The molecule has 7 heteroatoms. The van der Waals surface area contributed by atoms with E-state index in [1.54, 1.807) is 42.9 Å². The number of rotatable bonds is 4. The van der Waals surface area contributed by atoms with Crippen molar-refractivity contribution in [1.82, 2.24) is 4.98 Å². The molecule has 122 valence electrons. The highest BCUT2D eigenvalue weighted by molar-refractivity contribution is 9.10. The number of halogens is 2. The van der Waals surface area contributed by atoms with Crippen LogP contribution in [0.3, 0.4) is 0 Å². The van der Waals surface area contributed by atoms with Gasteiger partial charge in [-0.25, -0.2) is 9.37 Å². The summed E-state index contributed by atoms with van der Waals surface area (Å²) < 4.78 is 20.7. The molecule has 1 aromatic heterocycles. The van der Waals surface area contributed by atoms with Gasteiger partial charge in [0.15, 0.2) is 16.7 Å². The van der Waals surface area contributed by atoms with Gasteiger partial charge in [0.25, 0.3) is 5.91 Å². The van der Waals surface area contributed by atoms with Crippen molar-refractivity contribution >= 4 is 38.3 Å². The number of amides is 1. The lowest BCUT2D eigenvalue weighted by atomic mass is 10.2. The molecule has 24 heavy (non-hydrogen) atoms. The van der Waals surface area contributed by atoms with E-state index in [9.17, 15) is 9.18 Å². The van der Waals surface area contributed by atoms with Crippen molar-refractivity contribution in [3.05, 3.63) is 69.9 Å². The van der Waals surface area contributed by atoms with Crippen LogP contribution in [-0.2, 0) is 0 Å². The molecule has 0 bridgehead atoms. The summed E-state index contributed by atoms with van der Waals surface area (Å²) >= 11 is 4.66. The Bertz CT molecular complexity index is 854. The Morgan fingerprint density at radius 3 is 2.62 bits per heavy atom. The smallest absolute Gasteiger partial charge is 0.259 e. The molecule has 0 saturated carbocycles. The topological polar surface area (TPSA) is 42.4 Å². The number of anilines is 1. The normalized spacial score (nSPS) is 10.5. The summed E-state index contributed by atoms with van der Waals surface area (Å²) in [5.74, 6) is -0.364. The summed E-state index contributed by atoms with van der Waals surface area (Å²) in [4.78, 5) is 17.8. The van der Waals surface area contributed by atoms with E-state index < -0.39 is 5.82 Å². The Morgan fingerprint density at radius 2 is 2.00 bits per heavy atom. The van der Waals surface area contributed by atoms with E-state index in [4.69, 9.17) is 4.74 Å². The molecule has 0 saturated heterocycles. The van der Waals surface area contributed by atoms with Crippen LogP contribution in [0.25, 0.3) is 0 Å². The van der Waals surface area contributed by atoms with Gasteiger partial charge in [-0.3, -0.25) is 9.69 Å². The van der Waals surface area contributed by atoms with Crippen LogP contribution in [0, 0.1) is 5.82 Å². The second-order valence-electron chi connectivity index (χ2n) is 4.88. The molecule has 2 aromatic carbocycles.